The number of morpholine rings is 1. The molecule has 6 rings (SSSR count). The van der Waals surface area contributed by atoms with Crippen LogP contribution in [-0.2, 0) is 17.7 Å². The van der Waals surface area contributed by atoms with E-state index in [4.69, 9.17) is 14.7 Å². The number of nitrogens with zero attached hydrogens (tertiary/aromatic N) is 3. The zero-order valence-corrected chi connectivity index (χ0v) is 20.2. The quantitative estimate of drug-likeness (QED) is 0.374. The number of aromatic amines is 1. The number of ether oxygens (including phenoxy) is 2. The first-order valence-corrected chi connectivity index (χ1v) is 12.3. The molecule has 0 bridgehead atoms. The zero-order valence-electron chi connectivity index (χ0n) is 20.2. The van der Waals surface area contributed by atoms with Crippen LogP contribution in [0.25, 0.3) is 11.3 Å². The van der Waals surface area contributed by atoms with Crippen LogP contribution in [0.1, 0.15) is 22.4 Å². The molecule has 2 aliphatic rings. The number of anilines is 2. The molecule has 2 aliphatic heterocycles. The summed E-state index contributed by atoms with van der Waals surface area (Å²) >= 11 is 0. The molecule has 184 valence electrons. The van der Waals surface area contributed by atoms with E-state index in [1.54, 1.807) is 24.4 Å². The van der Waals surface area contributed by atoms with E-state index in [0.29, 0.717) is 31.7 Å². The SMILES string of the molecule is N#Cc1ccnc(CNc2ccc3c(c2)Cc2cccc(-c4cc(N5CCOCC5)cc(=O)[nH]4)c2O3)c1. The number of aromatic nitrogens is 2. The highest BCUT2D eigenvalue weighted by molar-refractivity contribution is 5.74. The van der Waals surface area contributed by atoms with E-state index in [-0.39, 0.29) is 5.56 Å². The highest BCUT2D eigenvalue weighted by atomic mass is 16.5. The Hall–Kier alpha value is -4.61. The first-order valence-electron chi connectivity index (χ1n) is 12.3. The van der Waals surface area contributed by atoms with Gasteiger partial charge in [-0.2, -0.15) is 5.26 Å². The van der Waals surface area contributed by atoms with E-state index in [1.165, 1.54) is 0 Å². The first-order chi connectivity index (χ1) is 18.2. The number of H-pyrrole nitrogens is 1. The fourth-order valence-corrected chi connectivity index (χ4v) is 4.81. The number of para-hydroxylation sites is 1. The number of benzene rings is 2. The largest absolute Gasteiger partial charge is 0.456 e. The molecule has 0 atom stereocenters. The Morgan fingerprint density at radius 3 is 2.81 bits per heavy atom. The van der Waals surface area contributed by atoms with Crippen molar-refractivity contribution in [3.05, 3.63) is 99.6 Å². The molecule has 8 heteroatoms. The van der Waals surface area contributed by atoms with Gasteiger partial charge < -0.3 is 24.7 Å². The Morgan fingerprint density at radius 1 is 1.05 bits per heavy atom. The fourth-order valence-electron chi connectivity index (χ4n) is 4.81. The summed E-state index contributed by atoms with van der Waals surface area (Å²) < 4.78 is 11.9. The van der Waals surface area contributed by atoms with Gasteiger partial charge in [-0.25, -0.2) is 0 Å². The topological polar surface area (TPSA) is 103 Å². The van der Waals surface area contributed by atoms with Gasteiger partial charge in [0.05, 0.1) is 42.8 Å². The third kappa shape index (κ3) is 4.77. The average Bonchev–Trinajstić information content (AvgIpc) is 2.95. The van der Waals surface area contributed by atoms with E-state index in [1.807, 2.05) is 30.3 Å². The Labute approximate surface area is 214 Å². The summed E-state index contributed by atoms with van der Waals surface area (Å²) in [4.78, 5) is 22.0. The van der Waals surface area contributed by atoms with E-state index in [2.05, 4.69) is 38.4 Å². The van der Waals surface area contributed by atoms with Crippen LogP contribution in [0.3, 0.4) is 0 Å². The van der Waals surface area contributed by atoms with Crippen LogP contribution in [0.5, 0.6) is 11.5 Å². The molecule has 1 saturated heterocycles. The molecule has 0 saturated carbocycles. The molecule has 2 aromatic heterocycles. The molecule has 0 amide bonds. The Bertz CT molecular complexity index is 1570. The molecule has 37 heavy (non-hydrogen) atoms. The molecule has 0 spiro atoms. The molecule has 0 radical (unpaired) electrons. The van der Waals surface area contributed by atoms with Crippen molar-refractivity contribution < 1.29 is 9.47 Å². The number of fused-ring (bicyclic) bond motifs is 2. The van der Waals surface area contributed by atoms with Crippen LogP contribution in [0, 0.1) is 11.3 Å². The molecule has 0 unspecified atom stereocenters. The monoisotopic (exact) mass is 491 g/mol. The van der Waals surface area contributed by atoms with Crippen LogP contribution in [-0.4, -0.2) is 36.3 Å². The van der Waals surface area contributed by atoms with Gasteiger partial charge in [-0.3, -0.25) is 9.78 Å². The van der Waals surface area contributed by atoms with E-state index < -0.39 is 0 Å². The highest BCUT2D eigenvalue weighted by Crippen LogP contribution is 2.43. The van der Waals surface area contributed by atoms with Gasteiger partial charge in [0.2, 0.25) is 5.56 Å². The van der Waals surface area contributed by atoms with Gasteiger partial charge in [-0.15, -0.1) is 0 Å². The Kier molecular flexibility index (Phi) is 6.05. The van der Waals surface area contributed by atoms with E-state index >= 15 is 0 Å². The third-order valence-electron chi connectivity index (χ3n) is 6.66. The summed E-state index contributed by atoms with van der Waals surface area (Å²) in [5, 5.41) is 12.5. The maximum Gasteiger partial charge on any atom is 0.250 e. The van der Waals surface area contributed by atoms with E-state index in [0.717, 1.165) is 64.0 Å². The summed E-state index contributed by atoms with van der Waals surface area (Å²) in [5.74, 6) is 1.56. The van der Waals surface area contributed by atoms with Crippen molar-refractivity contribution in [1.82, 2.24) is 9.97 Å². The summed E-state index contributed by atoms with van der Waals surface area (Å²) in [7, 11) is 0. The minimum atomic E-state index is -0.140. The molecular formula is C29H25N5O3. The molecule has 4 aromatic rings. The Balaban J connectivity index is 1.25. The number of hydrogen-bond donors (Lipinski definition) is 2. The summed E-state index contributed by atoms with van der Waals surface area (Å²) in [6, 6.07) is 21.3. The maximum atomic E-state index is 12.5. The lowest BCUT2D eigenvalue weighted by molar-refractivity contribution is 0.122. The first kappa shape index (κ1) is 22.8. The predicted molar refractivity (Wildman–Crippen MR) is 141 cm³/mol. The van der Waals surface area contributed by atoms with Crippen molar-refractivity contribution in [1.29, 1.82) is 5.26 Å². The van der Waals surface area contributed by atoms with Gasteiger partial charge >= 0.3 is 0 Å². The molecular weight excluding hydrogens is 466 g/mol. The van der Waals surface area contributed by atoms with Gasteiger partial charge in [0.25, 0.3) is 0 Å². The van der Waals surface area contributed by atoms with Crippen molar-refractivity contribution in [2.24, 2.45) is 0 Å². The van der Waals surface area contributed by atoms with Gasteiger partial charge in [-0.1, -0.05) is 12.1 Å². The molecule has 1 fully saturated rings. The van der Waals surface area contributed by atoms with Gasteiger partial charge in [0.15, 0.2) is 0 Å². The molecule has 2 N–H and O–H groups in total. The van der Waals surface area contributed by atoms with Gasteiger partial charge in [0, 0.05) is 54.3 Å². The van der Waals surface area contributed by atoms with Crippen molar-refractivity contribution in [3.63, 3.8) is 0 Å². The molecule has 4 heterocycles. The smallest absolute Gasteiger partial charge is 0.250 e. The van der Waals surface area contributed by atoms with Gasteiger partial charge in [-0.05, 0) is 48.0 Å². The molecule has 2 aromatic carbocycles. The standard InChI is InChI=1S/C29H25N5O3/c30-17-19-6-7-31-23(12-19)18-32-22-4-5-27-21(14-22)13-20-2-1-3-25(29(20)37-27)26-15-24(16-28(35)33-26)34-8-10-36-11-9-34/h1-7,12,14-16,32H,8-11,13,18H2,(H,33,35). The van der Waals surface area contributed by atoms with Crippen molar-refractivity contribution in [2.45, 2.75) is 13.0 Å². The lowest BCUT2D eigenvalue weighted by atomic mass is 9.96. The van der Waals surface area contributed by atoms with Crippen LogP contribution in [0.4, 0.5) is 11.4 Å². The normalized spacial score (nSPS) is 14.2. The minimum absolute atomic E-state index is 0.140. The fraction of sp³-hybridized carbons (Fsp3) is 0.207. The number of nitrogens with one attached hydrogen (secondary N) is 2. The van der Waals surface area contributed by atoms with Gasteiger partial charge in [0.1, 0.15) is 11.5 Å². The van der Waals surface area contributed by atoms with E-state index in [9.17, 15) is 4.79 Å². The van der Waals surface area contributed by atoms with Crippen LogP contribution in [0.15, 0.2) is 71.7 Å². The number of hydrogen-bond acceptors (Lipinski definition) is 7. The maximum absolute atomic E-state index is 12.5. The second kappa shape index (κ2) is 9.80. The van der Waals surface area contributed by atoms with Crippen LogP contribution >= 0.6 is 0 Å². The van der Waals surface area contributed by atoms with Crippen molar-refractivity contribution in [2.75, 3.05) is 36.5 Å². The second-order valence-corrected chi connectivity index (χ2v) is 9.11. The number of rotatable bonds is 5. The lowest BCUT2D eigenvalue weighted by Gasteiger charge is -2.29. The average molecular weight is 492 g/mol. The van der Waals surface area contributed by atoms with Crippen LogP contribution < -0.4 is 20.5 Å². The number of pyridine rings is 2. The minimum Gasteiger partial charge on any atom is -0.456 e. The summed E-state index contributed by atoms with van der Waals surface area (Å²) in [6.07, 6.45) is 2.36. The zero-order chi connectivity index (χ0) is 25.2. The third-order valence-corrected chi connectivity index (χ3v) is 6.66. The summed E-state index contributed by atoms with van der Waals surface area (Å²) in [5.41, 5.74) is 6.83. The van der Waals surface area contributed by atoms with Crippen LogP contribution in [0.2, 0.25) is 0 Å². The highest BCUT2D eigenvalue weighted by Gasteiger charge is 2.22. The van der Waals surface area contributed by atoms with Crippen molar-refractivity contribution >= 4 is 11.4 Å². The lowest BCUT2D eigenvalue weighted by Crippen LogP contribution is -2.36. The summed E-state index contributed by atoms with van der Waals surface area (Å²) in [6.45, 7) is 3.35. The molecule has 0 aliphatic carbocycles. The Morgan fingerprint density at radius 2 is 1.95 bits per heavy atom. The predicted octanol–water partition coefficient (Wildman–Crippen LogP) is 4.45. The van der Waals surface area contributed by atoms with Crippen molar-refractivity contribution in [3.8, 4) is 28.8 Å². The molecule has 8 nitrogen and oxygen atoms in total. The second-order valence-electron chi connectivity index (χ2n) is 9.11. The number of nitriles is 1.